The summed E-state index contributed by atoms with van der Waals surface area (Å²) in [5.74, 6) is -1.21. The van der Waals surface area contributed by atoms with Crippen molar-refractivity contribution in [3.8, 4) is 6.07 Å². The Balaban J connectivity index is 1.58. The maximum absolute atomic E-state index is 12.1. The van der Waals surface area contributed by atoms with Crippen molar-refractivity contribution in [3.63, 3.8) is 0 Å². The monoisotopic (exact) mass is 412 g/mol. The first-order valence-electron chi connectivity index (χ1n) is 8.42. The number of amides is 1. The molecule has 1 N–H and O–H groups in total. The van der Waals surface area contributed by atoms with Gasteiger partial charge in [-0.15, -0.1) is 4.40 Å². The van der Waals surface area contributed by atoms with Crippen LogP contribution in [0.5, 0.6) is 0 Å². The molecule has 0 bridgehead atoms. The summed E-state index contributed by atoms with van der Waals surface area (Å²) in [6.45, 7) is -0.849. The lowest BCUT2D eigenvalue weighted by Crippen LogP contribution is -2.34. The van der Waals surface area contributed by atoms with E-state index in [1.54, 1.807) is 42.5 Å². The van der Waals surface area contributed by atoms with Gasteiger partial charge in [0, 0.05) is 12.6 Å². The minimum Gasteiger partial charge on any atom is -0.454 e. The van der Waals surface area contributed by atoms with Gasteiger partial charge in [0.05, 0.1) is 11.3 Å². The second kappa shape index (κ2) is 8.12. The molecule has 2 aromatic carbocycles. The van der Waals surface area contributed by atoms with Gasteiger partial charge in [0.25, 0.3) is 15.9 Å². The Morgan fingerprint density at radius 3 is 2.62 bits per heavy atom. The van der Waals surface area contributed by atoms with E-state index < -0.39 is 28.5 Å². The van der Waals surface area contributed by atoms with E-state index in [4.69, 9.17) is 10.00 Å². The third-order valence-electron chi connectivity index (χ3n) is 4.03. The van der Waals surface area contributed by atoms with Crippen LogP contribution in [0.25, 0.3) is 0 Å². The first kappa shape index (κ1) is 20.0. The Bertz CT molecular complexity index is 1150. The molecule has 1 aliphatic heterocycles. The number of amidine groups is 1. The van der Waals surface area contributed by atoms with Gasteiger partial charge < -0.3 is 15.0 Å². The fourth-order valence-electron chi connectivity index (χ4n) is 2.70. The Morgan fingerprint density at radius 1 is 1.17 bits per heavy atom. The van der Waals surface area contributed by atoms with Gasteiger partial charge >= 0.3 is 5.97 Å². The number of nitrogens with one attached hydrogen (secondary N) is 1. The number of nitrogens with zero attached hydrogens (tertiary/aromatic N) is 3. The summed E-state index contributed by atoms with van der Waals surface area (Å²) in [4.78, 5) is 25.4. The van der Waals surface area contributed by atoms with Crippen molar-refractivity contribution < 1.29 is 22.7 Å². The summed E-state index contributed by atoms with van der Waals surface area (Å²) in [6.07, 6.45) is 0. The number of likely N-dealkylation sites (N-methyl/N-ethyl adjacent to an activating group) is 1. The second-order valence-electron chi connectivity index (χ2n) is 6.11. The molecule has 0 aromatic heterocycles. The Hall–Kier alpha value is -3.71. The zero-order valence-electron chi connectivity index (χ0n) is 15.3. The molecule has 1 aliphatic rings. The largest absolute Gasteiger partial charge is 0.454 e. The summed E-state index contributed by atoms with van der Waals surface area (Å²) in [5.41, 5.74) is 0.995. The normalized spacial score (nSPS) is 13.6. The molecule has 0 fully saturated rings. The summed E-state index contributed by atoms with van der Waals surface area (Å²) in [7, 11) is -2.30. The van der Waals surface area contributed by atoms with E-state index in [2.05, 4.69) is 9.71 Å². The lowest BCUT2D eigenvalue weighted by atomic mass is 10.2. The van der Waals surface area contributed by atoms with Crippen molar-refractivity contribution in [2.24, 2.45) is 4.40 Å². The van der Waals surface area contributed by atoms with Gasteiger partial charge in [-0.2, -0.15) is 13.7 Å². The molecule has 0 saturated heterocycles. The van der Waals surface area contributed by atoms with E-state index in [-0.39, 0.29) is 22.8 Å². The van der Waals surface area contributed by atoms with E-state index in [1.165, 1.54) is 18.0 Å². The predicted molar refractivity (Wildman–Crippen MR) is 104 cm³/mol. The van der Waals surface area contributed by atoms with Crippen molar-refractivity contribution in [1.29, 1.82) is 5.26 Å². The van der Waals surface area contributed by atoms with E-state index in [0.29, 0.717) is 11.3 Å². The topological polar surface area (TPSA) is 129 Å². The van der Waals surface area contributed by atoms with Crippen molar-refractivity contribution in [2.75, 3.05) is 25.5 Å². The van der Waals surface area contributed by atoms with E-state index in [9.17, 15) is 18.0 Å². The average molecular weight is 412 g/mol. The quantitative estimate of drug-likeness (QED) is 0.729. The molecule has 148 valence electrons. The highest BCUT2D eigenvalue weighted by molar-refractivity contribution is 7.90. The van der Waals surface area contributed by atoms with Gasteiger partial charge in [0.1, 0.15) is 17.5 Å². The molecule has 0 aliphatic carbocycles. The standard InChI is InChI=1S/C19H16N4O5S/c1-23(19-14-7-3-5-9-16(14)29(26,27)22-19)11-18(25)28-12-17(24)21-15-8-4-2-6-13(15)10-20/h2-9H,11-12H2,1H3,(H,21,24). The van der Waals surface area contributed by atoms with Gasteiger partial charge in [-0.25, -0.2) is 0 Å². The zero-order valence-corrected chi connectivity index (χ0v) is 16.1. The summed E-state index contributed by atoms with van der Waals surface area (Å²) in [5, 5.41) is 11.5. The molecule has 1 amide bonds. The highest BCUT2D eigenvalue weighted by atomic mass is 32.2. The molecule has 0 spiro atoms. The fraction of sp³-hybridized carbons (Fsp3) is 0.158. The lowest BCUT2D eigenvalue weighted by Gasteiger charge is -2.17. The Morgan fingerprint density at radius 2 is 1.86 bits per heavy atom. The lowest BCUT2D eigenvalue weighted by molar-refractivity contribution is -0.147. The number of rotatable bonds is 5. The van der Waals surface area contributed by atoms with Gasteiger partial charge in [0.2, 0.25) is 0 Å². The van der Waals surface area contributed by atoms with Gasteiger partial charge in [-0.3, -0.25) is 9.59 Å². The molecule has 2 aromatic rings. The summed E-state index contributed by atoms with van der Waals surface area (Å²) in [6, 6.07) is 14.7. The molecule has 29 heavy (non-hydrogen) atoms. The first-order valence-corrected chi connectivity index (χ1v) is 9.86. The van der Waals surface area contributed by atoms with Crippen molar-refractivity contribution in [2.45, 2.75) is 4.90 Å². The van der Waals surface area contributed by atoms with Crippen LogP contribution in [0.1, 0.15) is 11.1 Å². The van der Waals surface area contributed by atoms with E-state index in [0.717, 1.165) is 0 Å². The maximum Gasteiger partial charge on any atom is 0.326 e. The van der Waals surface area contributed by atoms with Crippen molar-refractivity contribution in [3.05, 3.63) is 59.7 Å². The maximum atomic E-state index is 12.1. The van der Waals surface area contributed by atoms with Gasteiger partial charge in [-0.05, 0) is 24.3 Å². The number of esters is 1. The zero-order chi connectivity index (χ0) is 21.0. The molecular weight excluding hydrogens is 396 g/mol. The predicted octanol–water partition coefficient (Wildman–Crippen LogP) is 1.12. The number of carbonyl (C=O) groups excluding carboxylic acids is 2. The molecule has 3 rings (SSSR count). The molecule has 0 saturated carbocycles. The minimum absolute atomic E-state index is 0.0748. The third kappa shape index (κ3) is 4.41. The number of hydrogen-bond acceptors (Lipinski definition) is 7. The van der Waals surface area contributed by atoms with Gasteiger partial charge in [0.15, 0.2) is 12.4 Å². The van der Waals surface area contributed by atoms with Crippen LogP contribution in [0.15, 0.2) is 57.8 Å². The van der Waals surface area contributed by atoms with Crippen LogP contribution in [0.4, 0.5) is 5.69 Å². The SMILES string of the molecule is CN(CC(=O)OCC(=O)Nc1ccccc1C#N)C1=NS(=O)(=O)c2ccccc21. The molecule has 1 heterocycles. The van der Waals surface area contributed by atoms with Crippen LogP contribution >= 0.6 is 0 Å². The van der Waals surface area contributed by atoms with Crippen LogP contribution in [0, 0.1) is 11.3 Å². The molecule has 0 unspecified atom stereocenters. The van der Waals surface area contributed by atoms with Crippen molar-refractivity contribution >= 4 is 33.4 Å². The smallest absolute Gasteiger partial charge is 0.326 e. The number of fused-ring (bicyclic) bond motifs is 1. The molecule has 0 radical (unpaired) electrons. The van der Waals surface area contributed by atoms with E-state index >= 15 is 0 Å². The average Bonchev–Trinajstić information content (AvgIpc) is 2.98. The van der Waals surface area contributed by atoms with Crippen LogP contribution in [0.3, 0.4) is 0 Å². The minimum atomic E-state index is -3.80. The molecular formula is C19H16N4O5S. The van der Waals surface area contributed by atoms with Crippen LogP contribution in [-0.4, -0.2) is 51.2 Å². The molecule has 0 atom stereocenters. The second-order valence-corrected chi connectivity index (χ2v) is 7.68. The number of hydrogen-bond donors (Lipinski definition) is 1. The Labute approximate surface area is 167 Å². The number of para-hydroxylation sites is 1. The fourth-order valence-corrected chi connectivity index (χ4v) is 3.95. The molecule has 9 nitrogen and oxygen atoms in total. The number of sulfonamides is 1. The highest BCUT2D eigenvalue weighted by Gasteiger charge is 2.31. The number of benzene rings is 2. The third-order valence-corrected chi connectivity index (χ3v) is 5.35. The summed E-state index contributed by atoms with van der Waals surface area (Å²) < 4.78 is 32.8. The number of nitriles is 1. The van der Waals surface area contributed by atoms with Crippen LogP contribution in [-0.2, 0) is 24.3 Å². The number of anilines is 1. The van der Waals surface area contributed by atoms with Crippen LogP contribution in [0.2, 0.25) is 0 Å². The number of ether oxygens (including phenoxy) is 1. The van der Waals surface area contributed by atoms with Gasteiger partial charge in [-0.1, -0.05) is 24.3 Å². The molecule has 10 heteroatoms. The first-order chi connectivity index (χ1) is 13.8. The summed E-state index contributed by atoms with van der Waals surface area (Å²) >= 11 is 0. The van der Waals surface area contributed by atoms with Crippen molar-refractivity contribution in [1.82, 2.24) is 4.90 Å². The number of carbonyl (C=O) groups is 2. The highest BCUT2D eigenvalue weighted by Crippen LogP contribution is 2.26. The Kier molecular flexibility index (Phi) is 5.61. The van der Waals surface area contributed by atoms with E-state index in [1.807, 2.05) is 6.07 Å². The van der Waals surface area contributed by atoms with Crippen LogP contribution < -0.4 is 5.32 Å².